The number of hydrogen-bond donors (Lipinski definition) is 4. The van der Waals surface area contributed by atoms with Crippen molar-refractivity contribution in [3.05, 3.63) is 28.3 Å². The summed E-state index contributed by atoms with van der Waals surface area (Å²) in [5.41, 5.74) is 7.27. The molecule has 0 saturated carbocycles. The molecule has 3 amide bonds. The van der Waals surface area contributed by atoms with Crippen LogP contribution < -0.4 is 16.4 Å². The summed E-state index contributed by atoms with van der Waals surface area (Å²) in [6, 6.07) is 0.0742. The maximum absolute atomic E-state index is 12.9. The fraction of sp³-hybridized carbons (Fsp3) is 0.476. The summed E-state index contributed by atoms with van der Waals surface area (Å²) in [5, 5.41) is 14.0. The van der Waals surface area contributed by atoms with Crippen molar-refractivity contribution >= 4 is 47.3 Å². The molecule has 10 nitrogen and oxygen atoms in total. The molecule has 5 N–H and O–H groups in total. The Kier molecular flexibility index (Phi) is 8.59. The fourth-order valence-corrected chi connectivity index (χ4v) is 3.83. The molecular weight excluding hydrogens is 440 g/mol. The Balaban J connectivity index is 2.07. The molecule has 11 heteroatoms. The lowest BCUT2D eigenvalue weighted by atomic mass is 10.1. The van der Waals surface area contributed by atoms with Gasteiger partial charge in [-0.05, 0) is 43.9 Å². The number of amides is 3. The van der Waals surface area contributed by atoms with Crippen molar-refractivity contribution in [2.24, 2.45) is 0 Å². The van der Waals surface area contributed by atoms with Crippen LogP contribution in [0.1, 0.15) is 49.0 Å². The molecule has 0 aromatic heterocycles. The van der Waals surface area contributed by atoms with Crippen molar-refractivity contribution in [3.63, 3.8) is 0 Å². The molecule has 0 aliphatic carbocycles. The van der Waals surface area contributed by atoms with Crippen LogP contribution in [-0.4, -0.2) is 64.7 Å². The number of carboxylic acids is 1. The first-order valence-electron chi connectivity index (χ1n) is 10.3. The number of nitrogens with one attached hydrogen (secondary N) is 2. The number of aliphatic carboxylic acids is 1. The first kappa shape index (κ1) is 25.1. The maximum atomic E-state index is 12.9. The van der Waals surface area contributed by atoms with Gasteiger partial charge >= 0.3 is 5.97 Å². The van der Waals surface area contributed by atoms with E-state index in [0.717, 1.165) is 0 Å². The Morgan fingerprint density at radius 2 is 2.00 bits per heavy atom. The summed E-state index contributed by atoms with van der Waals surface area (Å²) in [6.45, 7) is 3.68. The van der Waals surface area contributed by atoms with Gasteiger partial charge in [0.1, 0.15) is 18.4 Å². The van der Waals surface area contributed by atoms with E-state index in [1.165, 1.54) is 17.9 Å². The highest BCUT2D eigenvalue weighted by Crippen LogP contribution is 2.25. The highest BCUT2D eigenvalue weighted by atomic mass is 35.5. The quantitative estimate of drug-likeness (QED) is 0.308. The molecule has 1 fully saturated rings. The molecular formula is C21H27ClN4O6. The number of nitrogen functional groups attached to an aromatic ring is 1. The molecule has 1 aliphatic rings. The molecule has 1 aromatic rings. The van der Waals surface area contributed by atoms with Crippen molar-refractivity contribution in [2.75, 3.05) is 12.3 Å². The average molecular weight is 467 g/mol. The molecule has 32 heavy (non-hydrogen) atoms. The average Bonchev–Trinajstić information content (AvgIpc) is 3.23. The number of anilines is 1. The number of nitrogens with zero attached hydrogens (tertiary/aromatic N) is 1. The van der Waals surface area contributed by atoms with E-state index in [2.05, 4.69) is 10.6 Å². The third-order valence-electron chi connectivity index (χ3n) is 5.30. The van der Waals surface area contributed by atoms with Gasteiger partial charge < -0.3 is 31.2 Å². The maximum Gasteiger partial charge on any atom is 0.305 e. The van der Waals surface area contributed by atoms with Crippen LogP contribution in [0.3, 0.4) is 0 Å². The van der Waals surface area contributed by atoms with E-state index in [-0.39, 0.29) is 10.6 Å². The molecule has 1 heterocycles. The Morgan fingerprint density at radius 3 is 2.59 bits per heavy atom. The lowest BCUT2D eigenvalue weighted by molar-refractivity contribution is -0.141. The second-order valence-corrected chi connectivity index (χ2v) is 8.03. The predicted molar refractivity (Wildman–Crippen MR) is 117 cm³/mol. The van der Waals surface area contributed by atoms with E-state index in [9.17, 15) is 24.0 Å². The van der Waals surface area contributed by atoms with Gasteiger partial charge in [0.25, 0.3) is 5.91 Å². The SMILES string of the molecule is CCc1cc(C(=O)N[C@@H](C)C(=O)N2CCC[C@H]2C(=O)NC(C=O)CC(=O)O)cc(Cl)c1N. The molecule has 1 aromatic carbocycles. The van der Waals surface area contributed by atoms with Crippen LogP contribution in [0.4, 0.5) is 5.69 Å². The molecule has 3 atom stereocenters. The van der Waals surface area contributed by atoms with Crippen molar-refractivity contribution in [1.29, 1.82) is 0 Å². The van der Waals surface area contributed by atoms with Crippen molar-refractivity contribution in [2.45, 2.75) is 57.7 Å². The van der Waals surface area contributed by atoms with Crippen molar-refractivity contribution < 1.29 is 29.1 Å². The first-order chi connectivity index (χ1) is 15.1. The van der Waals surface area contributed by atoms with Gasteiger partial charge in [0.15, 0.2) is 0 Å². The van der Waals surface area contributed by atoms with Crippen LogP contribution in [0.5, 0.6) is 0 Å². The van der Waals surface area contributed by atoms with Crippen LogP contribution in [0.15, 0.2) is 12.1 Å². The van der Waals surface area contributed by atoms with Crippen molar-refractivity contribution in [3.8, 4) is 0 Å². The number of likely N-dealkylation sites (tertiary alicyclic amines) is 1. The summed E-state index contributed by atoms with van der Waals surface area (Å²) < 4.78 is 0. The topological polar surface area (TPSA) is 159 Å². The lowest BCUT2D eigenvalue weighted by Crippen LogP contribution is -2.54. The Labute approximate surface area is 190 Å². The van der Waals surface area contributed by atoms with Crippen molar-refractivity contribution in [1.82, 2.24) is 15.5 Å². The number of nitrogens with two attached hydrogens (primary N) is 1. The number of halogens is 1. The minimum Gasteiger partial charge on any atom is -0.481 e. The number of aryl methyl sites for hydroxylation is 1. The summed E-state index contributed by atoms with van der Waals surface area (Å²) in [7, 11) is 0. The highest BCUT2D eigenvalue weighted by Gasteiger charge is 2.37. The number of rotatable bonds is 9. The largest absolute Gasteiger partial charge is 0.481 e. The molecule has 0 radical (unpaired) electrons. The van der Waals surface area contributed by atoms with E-state index in [1.54, 1.807) is 6.07 Å². The minimum atomic E-state index is -1.23. The number of carbonyl (C=O) groups is 5. The number of aldehydes is 1. The third-order valence-corrected chi connectivity index (χ3v) is 5.61. The predicted octanol–water partition coefficient (Wildman–Crippen LogP) is 0.752. The van der Waals surface area contributed by atoms with Crippen LogP contribution in [0.2, 0.25) is 5.02 Å². The van der Waals surface area contributed by atoms with E-state index in [4.69, 9.17) is 22.4 Å². The lowest BCUT2D eigenvalue weighted by Gasteiger charge is -2.28. The van der Waals surface area contributed by atoms with Gasteiger partial charge in [-0.3, -0.25) is 19.2 Å². The highest BCUT2D eigenvalue weighted by molar-refractivity contribution is 6.33. The molecule has 1 unspecified atom stereocenters. The van der Waals surface area contributed by atoms with Gasteiger partial charge in [-0.25, -0.2) is 0 Å². The van der Waals surface area contributed by atoms with Gasteiger partial charge in [-0.15, -0.1) is 0 Å². The second kappa shape index (κ2) is 10.9. The van der Waals surface area contributed by atoms with E-state index in [1.807, 2.05) is 6.92 Å². The summed E-state index contributed by atoms with van der Waals surface area (Å²) >= 11 is 6.10. The zero-order chi connectivity index (χ0) is 24.0. The zero-order valence-electron chi connectivity index (χ0n) is 17.9. The molecule has 1 aliphatic heterocycles. The summed E-state index contributed by atoms with van der Waals surface area (Å²) in [4.78, 5) is 61.3. The fourth-order valence-electron chi connectivity index (χ4n) is 3.59. The molecule has 2 rings (SSSR count). The van der Waals surface area contributed by atoms with E-state index in [0.29, 0.717) is 43.3 Å². The molecule has 174 valence electrons. The van der Waals surface area contributed by atoms with Gasteiger partial charge in [0, 0.05) is 12.1 Å². The molecule has 0 spiro atoms. The number of carbonyl (C=O) groups excluding carboxylic acids is 4. The second-order valence-electron chi connectivity index (χ2n) is 7.62. The van der Waals surface area contributed by atoms with Crippen LogP contribution in [0, 0.1) is 0 Å². The van der Waals surface area contributed by atoms with Gasteiger partial charge in [-0.2, -0.15) is 0 Å². The Bertz CT molecular complexity index is 922. The Morgan fingerprint density at radius 1 is 1.31 bits per heavy atom. The van der Waals surface area contributed by atoms with Gasteiger partial charge in [0.05, 0.1) is 23.2 Å². The first-order valence-corrected chi connectivity index (χ1v) is 10.6. The zero-order valence-corrected chi connectivity index (χ0v) is 18.6. The summed E-state index contributed by atoms with van der Waals surface area (Å²) in [5.74, 6) is -2.81. The standard InChI is InChI=1S/C21H27ClN4O6/c1-3-12-7-13(8-15(22)18(12)23)19(30)24-11(2)21(32)26-6-4-5-16(26)20(31)25-14(10-27)9-17(28)29/h7-8,10-11,14,16H,3-6,9,23H2,1-2H3,(H,24,30)(H,25,31)(H,28,29)/t11-,14?,16-/m0/s1. The smallest absolute Gasteiger partial charge is 0.305 e. The van der Waals surface area contributed by atoms with Gasteiger partial charge in [-0.1, -0.05) is 18.5 Å². The normalized spacial score (nSPS) is 17.3. The molecule has 0 bridgehead atoms. The Hall–Kier alpha value is -3.14. The number of carboxylic acid groups (broad SMARTS) is 1. The van der Waals surface area contributed by atoms with E-state index >= 15 is 0 Å². The number of benzene rings is 1. The minimum absolute atomic E-state index is 0.246. The monoisotopic (exact) mass is 466 g/mol. The summed E-state index contributed by atoms with van der Waals surface area (Å²) in [6.07, 6.45) is 1.30. The van der Waals surface area contributed by atoms with Gasteiger partial charge in [0.2, 0.25) is 11.8 Å². The molecule has 1 saturated heterocycles. The van der Waals surface area contributed by atoms with Crippen LogP contribution in [-0.2, 0) is 25.6 Å². The van der Waals surface area contributed by atoms with Crippen LogP contribution >= 0.6 is 11.6 Å². The third kappa shape index (κ3) is 5.97. The van der Waals surface area contributed by atoms with E-state index < -0.39 is 48.2 Å². The number of hydrogen-bond acceptors (Lipinski definition) is 6. The van der Waals surface area contributed by atoms with Crippen LogP contribution in [0.25, 0.3) is 0 Å².